The fourth-order valence-electron chi connectivity index (χ4n) is 2.39. The van der Waals surface area contributed by atoms with Crippen molar-refractivity contribution >= 4 is 23.2 Å². The summed E-state index contributed by atoms with van der Waals surface area (Å²) in [5, 5.41) is 0. The zero-order valence-corrected chi connectivity index (χ0v) is 13.0. The van der Waals surface area contributed by atoms with Crippen LogP contribution in [0.3, 0.4) is 0 Å². The van der Waals surface area contributed by atoms with Crippen LogP contribution in [0.5, 0.6) is 5.75 Å². The van der Waals surface area contributed by atoms with Crippen molar-refractivity contribution in [3.63, 3.8) is 0 Å². The molecule has 0 unspecified atom stereocenters. The van der Waals surface area contributed by atoms with Crippen LogP contribution in [0.4, 0.5) is 0 Å². The normalized spacial score (nSPS) is 11.3. The molecule has 0 radical (unpaired) electrons. The molecule has 1 nitrogen and oxygen atoms in total. The minimum absolute atomic E-state index is 0.279. The molecular weight excluding hydrogens is 291 g/mol. The molecule has 0 atom stereocenters. The Morgan fingerprint density at radius 3 is 2.10 bits per heavy atom. The highest BCUT2D eigenvalue weighted by atomic mass is 35.5. The third-order valence-corrected chi connectivity index (χ3v) is 4.64. The average Bonchev–Trinajstić information content (AvgIpc) is 2.54. The highest BCUT2D eigenvalue weighted by Crippen LogP contribution is 2.34. The second kappa shape index (κ2) is 7.01. The third kappa shape index (κ3) is 3.11. The minimum Gasteiger partial charge on any atom is -0.496 e. The molecule has 2 aromatic carbocycles. The lowest BCUT2D eigenvalue weighted by Gasteiger charge is -2.31. The molecule has 2 rings (SSSR count). The zero-order valence-electron chi connectivity index (χ0n) is 11.5. The van der Waals surface area contributed by atoms with E-state index in [1.165, 1.54) is 0 Å². The average molecular weight is 309 g/mol. The smallest absolute Gasteiger partial charge is 0.122 e. The van der Waals surface area contributed by atoms with Crippen LogP contribution in [0.1, 0.15) is 11.1 Å². The van der Waals surface area contributed by atoms with E-state index in [2.05, 4.69) is 18.2 Å². The molecule has 20 heavy (non-hydrogen) atoms. The van der Waals surface area contributed by atoms with E-state index >= 15 is 0 Å². The highest BCUT2D eigenvalue weighted by molar-refractivity contribution is 6.22. The molecular formula is C17H18Cl2O. The van der Waals surface area contributed by atoms with Crippen LogP contribution in [-0.4, -0.2) is 18.9 Å². The van der Waals surface area contributed by atoms with Crippen LogP contribution >= 0.6 is 23.2 Å². The van der Waals surface area contributed by atoms with Gasteiger partial charge < -0.3 is 4.74 Å². The summed E-state index contributed by atoms with van der Waals surface area (Å²) in [6.07, 6.45) is 0.758. The first-order valence-corrected chi connectivity index (χ1v) is 7.62. The summed E-state index contributed by atoms with van der Waals surface area (Å²) in [7, 11) is 1.68. The number of halogens is 2. The van der Waals surface area contributed by atoms with E-state index in [9.17, 15) is 0 Å². The fraction of sp³-hybridized carbons (Fsp3) is 0.294. The minimum atomic E-state index is -0.279. The fourth-order valence-corrected chi connectivity index (χ4v) is 3.18. The Balaban J connectivity index is 2.39. The number of hydrogen-bond acceptors (Lipinski definition) is 1. The summed E-state index contributed by atoms with van der Waals surface area (Å²) in [6.45, 7) is 0. The van der Waals surface area contributed by atoms with Gasteiger partial charge in [-0.3, -0.25) is 0 Å². The van der Waals surface area contributed by atoms with Gasteiger partial charge in [-0.15, -0.1) is 23.2 Å². The molecule has 0 aromatic heterocycles. The van der Waals surface area contributed by atoms with Gasteiger partial charge in [0.05, 0.1) is 7.11 Å². The van der Waals surface area contributed by atoms with E-state index < -0.39 is 0 Å². The topological polar surface area (TPSA) is 9.23 Å². The van der Waals surface area contributed by atoms with Gasteiger partial charge in [-0.25, -0.2) is 0 Å². The zero-order chi connectivity index (χ0) is 14.4. The SMILES string of the molecule is COc1ccccc1CC(CCl)(CCl)c1ccccc1. The van der Waals surface area contributed by atoms with Crippen LogP contribution in [-0.2, 0) is 11.8 Å². The third-order valence-electron chi connectivity index (χ3n) is 3.62. The van der Waals surface area contributed by atoms with Gasteiger partial charge in [0.2, 0.25) is 0 Å². The first-order valence-electron chi connectivity index (χ1n) is 6.55. The van der Waals surface area contributed by atoms with Gasteiger partial charge in [-0.2, -0.15) is 0 Å². The van der Waals surface area contributed by atoms with Gasteiger partial charge in [0, 0.05) is 17.2 Å². The van der Waals surface area contributed by atoms with E-state index in [0.29, 0.717) is 11.8 Å². The molecule has 0 aliphatic rings. The summed E-state index contributed by atoms with van der Waals surface area (Å²) in [4.78, 5) is 0. The summed E-state index contributed by atoms with van der Waals surface area (Å²) in [6, 6.07) is 18.2. The maximum absolute atomic E-state index is 6.28. The van der Waals surface area contributed by atoms with Gasteiger partial charge in [0.15, 0.2) is 0 Å². The Kier molecular flexibility index (Phi) is 5.33. The lowest BCUT2D eigenvalue weighted by Crippen LogP contribution is -2.33. The number of alkyl halides is 2. The molecule has 0 heterocycles. The van der Waals surface area contributed by atoms with Crippen molar-refractivity contribution in [3.8, 4) is 5.75 Å². The van der Waals surface area contributed by atoms with Gasteiger partial charge >= 0.3 is 0 Å². The molecule has 0 fully saturated rings. The largest absolute Gasteiger partial charge is 0.496 e. The maximum atomic E-state index is 6.28. The number of rotatable bonds is 6. The molecule has 0 N–H and O–H groups in total. The van der Waals surface area contributed by atoms with Gasteiger partial charge in [-0.05, 0) is 23.6 Å². The van der Waals surface area contributed by atoms with Crippen molar-refractivity contribution in [1.82, 2.24) is 0 Å². The van der Waals surface area contributed by atoms with Gasteiger partial charge in [0.1, 0.15) is 5.75 Å². The molecule has 3 heteroatoms. The van der Waals surface area contributed by atoms with E-state index in [4.69, 9.17) is 27.9 Å². The van der Waals surface area contributed by atoms with Crippen LogP contribution in [0.25, 0.3) is 0 Å². The van der Waals surface area contributed by atoms with Crippen molar-refractivity contribution in [1.29, 1.82) is 0 Å². The van der Waals surface area contributed by atoms with E-state index in [1.54, 1.807) is 7.11 Å². The summed E-state index contributed by atoms with van der Waals surface area (Å²) in [5.41, 5.74) is 2.01. The first kappa shape index (κ1) is 15.2. The summed E-state index contributed by atoms with van der Waals surface area (Å²) >= 11 is 12.6. The van der Waals surface area contributed by atoms with Crippen molar-refractivity contribution in [2.75, 3.05) is 18.9 Å². The van der Waals surface area contributed by atoms with E-state index in [0.717, 1.165) is 23.3 Å². The van der Waals surface area contributed by atoms with Crippen molar-refractivity contribution in [2.45, 2.75) is 11.8 Å². The first-order chi connectivity index (χ1) is 9.75. The number of ether oxygens (including phenoxy) is 1. The van der Waals surface area contributed by atoms with Crippen LogP contribution in [0.2, 0.25) is 0 Å². The molecule has 0 bridgehead atoms. The second-order valence-electron chi connectivity index (χ2n) is 4.90. The Bertz CT molecular complexity index is 536. The number of para-hydroxylation sites is 1. The molecule has 106 valence electrons. The molecule has 0 spiro atoms. The number of benzene rings is 2. The van der Waals surface area contributed by atoms with Gasteiger partial charge in [0.25, 0.3) is 0 Å². The molecule has 0 amide bonds. The lowest BCUT2D eigenvalue weighted by molar-refractivity contribution is 0.403. The number of methoxy groups -OCH3 is 1. The standard InChI is InChI=1S/C17H18Cl2O/c1-20-16-10-6-5-7-14(16)11-17(12-18,13-19)15-8-3-2-4-9-15/h2-10H,11-13H2,1H3. The quantitative estimate of drug-likeness (QED) is 0.706. The Morgan fingerprint density at radius 2 is 1.50 bits per heavy atom. The highest BCUT2D eigenvalue weighted by Gasteiger charge is 2.31. The van der Waals surface area contributed by atoms with Crippen LogP contribution in [0.15, 0.2) is 54.6 Å². The second-order valence-corrected chi connectivity index (χ2v) is 5.44. The Morgan fingerprint density at radius 1 is 0.900 bits per heavy atom. The molecule has 0 saturated heterocycles. The monoisotopic (exact) mass is 308 g/mol. The summed E-state index contributed by atoms with van der Waals surface area (Å²) in [5.74, 6) is 1.82. The van der Waals surface area contributed by atoms with Crippen molar-refractivity contribution in [3.05, 3.63) is 65.7 Å². The van der Waals surface area contributed by atoms with E-state index in [-0.39, 0.29) is 5.41 Å². The summed E-state index contributed by atoms with van der Waals surface area (Å²) < 4.78 is 5.43. The lowest BCUT2D eigenvalue weighted by atomic mass is 9.78. The van der Waals surface area contributed by atoms with Crippen molar-refractivity contribution in [2.24, 2.45) is 0 Å². The maximum Gasteiger partial charge on any atom is 0.122 e. The molecule has 2 aromatic rings. The van der Waals surface area contributed by atoms with E-state index in [1.807, 2.05) is 36.4 Å². The van der Waals surface area contributed by atoms with Crippen LogP contribution in [0, 0.1) is 0 Å². The molecule has 0 saturated carbocycles. The van der Waals surface area contributed by atoms with Crippen LogP contribution < -0.4 is 4.74 Å². The van der Waals surface area contributed by atoms with Crippen molar-refractivity contribution < 1.29 is 4.74 Å². The Hall–Kier alpha value is -1.18. The number of hydrogen-bond donors (Lipinski definition) is 0. The van der Waals surface area contributed by atoms with Gasteiger partial charge in [-0.1, -0.05) is 48.5 Å². The predicted octanol–water partition coefficient (Wildman–Crippen LogP) is 4.65. The molecule has 0 aliphatic heterocycles. The molecule has 0 aliphatic carbocycles. The predicted molar refractivity (Wildman–Crippen MR) is 86.3 cm³/mol. The Labute approximate surface area is 130 Å².